The van der Waals surface area contributed by atoms with Crippen molar-refractivity contribution in [2.24, 2.45) is 5.73 Å². The van der Waals surface area contributed by atoms with Crippen LogP contribution in [-0.4, -0.2) is 24.3 Å². The summed E-state index contributed by atoms with van der Waals surface area (Å²) in [6.07, 6.45) is 3.58. The maximum Gasteiger partial charge on any atom is 0.213 e. The highest BCUT2D eigenvalue weighted by atomic mass is 35.5. The third-order valence-corrected chi connectivity index (χ3v) is 2.93. The molecule has 1 saturated heterocycles. The standard InChI is InChI=1S/C11H15ClN2O2/c12-10-7-14-11(5-8(10)6-13)16-9-1-3-15-4-2-9/h5,7,9H,1-4,6,13H2. The van der Waals surface area contributed by atoms with E-state index in [1.165, 1.54) is 0 Å². The highest BCUT2D eigenvalue weighted by Gasteiger charge is 2.16. The molecule has 4 nitrogen and oxygen atoms in total. The van der Waals surface area contributed by atoms with E-state index < -0.39 is 0 Å². The number of aromatic nitrogens is 1. The minimum Gasteiger partial charge on any atom is -0.474 e. The first kappa shape index (κ1) is 11.6. The van der Waals surface area contributed by atoms with Gasteiger partial charge >= 0.3 is 0 Å². The summed E-state index contributed by atoms with van der Waals surface area (Å²) in [6, 6.07) is 1.80. The largest absolute Gasteiger partial charge is 0.474 e. The molecule has 1 aliphatic heterocycles. The molecule has 2 heterocycles. The Morgan fingerprint density at radius 1 is 1.50 bits per heavy atom. The Bertz CT molecular complexity index is 354. The summed E-state index contributed by atoms with van der Waals surface area (Å²) < 4.78 is 11.0. The molecule has 2 N–H and O–H groups in total. The molecule has 1 aliphatic rings. The molecule has 0 aromatic carbocycles. The van der Waals surface area contributed by atoms with Gasteiger partial charge in [0.2, 0.25) is 5.88 Å². The smallest absolute Gasteiger partial charge is 0.213 e. The molecule has 0 bridgehead atoms. The van der Waals surface area contributed by atoms with Crippen molar-refractivity contribution in [1.82, 2.24) is 4.98 Å². The van der Waals surface area contributed by atoms with E-state index >= 15 is 0 Å². The predicted octanol–water partition coefficient (Wildman–Crippen LogP) is 1.75. The van der Waals surface area contributed by atoms with Crippen molar-refractivity contribution in [3.63, 3.8) is 0 Å². The zero-order valence-corrected chi connectivity index (χ0v) is 9.74. The SMILES string of the molecule is NCc1cc(OC2CCOCC2)ncc1Cl. The van der Waals surface area contributed by atoms with Gasteiger partial charge in [0.25, 0.3) is 0 Å². The zero-order valence-electron chi connectivity index (χ0n) is 8.99. The molecular formula is C11H15ClN2O2. The van der Waals surface area contributed by atoms with Crippen LogP contribution >= 0.6 is 11.6 Å². The summed E-state index contributed by atoms with van der Waals surface area (Å²) in [4.78, 5) is 4.13. The maximum atomic E-state index is 5.92. The second-order valence-electron chi connectivity index (χ2n) is 3.75. The van der Waals surface area contributed by atoms with Crippen LogP contribution in [0.15, 0.2) is 12.3 Å². The van der Waals surface area contributed by atoms with E-state index in [2.05, 4.69) is 4.98 Å². The Kier molecular flexibility index (Phi) is 3.98. The first-order chi connectivity index (χ1) is 7.79. The summed E-state index contributed by atoms with van der Waals surface area (Å²) >= 11 is 5.92. The van der Waals surface area contributed by atoms with Gasteiger partial charge in [-0.3, -0.25) is 0 Å². The van der Waals surface area contributed by atoms with Gasteiger partial charge in [-0.05, 0) is 5.56 Å². The molecule has 0 radical (unpaired) electrons. The van der Waals surface area contributed by atoms with Gasteiger partial charge in [-0.2, -0.15) is 0 Å². The average Bonchev–Trinajstić information content (AvgIpc) is 2.33. The summed E-state index contributed by atoms with van der Waals surface area (Å²) in [5, 5.41) is 0.585. The number of ether oxygens (including phenoxy) is 2. The van der Waals surface area contributed by atoms with Crippen LogP contribution in [0.3, 0.4) is 0 Å². The van der Waals surface area contributed by atoms with Crippen molar-refractivity contribution in [3.05, 3.63) is 22.8 Å². The van der Waals surface area contributed by atoms with Gasteiger partial charge in [-0.15, -0.1) is 0 Å². The first-order valence-corrected chi connectivity index (χ1v) is 5.76. The molecule has 5 heteroatoms. The summed E-state index contributed by atoms with van der Waals surface area (Å²) in [7, 11) is 0. The number of pyridine rings is 1. The number of rotatable bonds is 3. The van der Waals surface area contributed by atoms with Gasteiger partial charge in [0.05, 0.1) is 18.2 Å². The first-order valence-electron chi connectivity index (χ1n) is 5.38. The van der Waals surface area contributed by atoms with E-state index in [9.17, 15) is 0 Å². The topological polar surface area (TPSA) is 57.4 Å². The molecule has 0 aliphatic carbocycles. The zero-order chi connectivity index (χ0) is 11.4. The number of nitrogens with zero attached hydrogens (tertiary/aromatic N) is 1. The number of nitrogens with two attached hydrogens (primary N) is 1. The van der Waals surface area contributed by atoms with Crippen molar-refractivity contribution in [1.29, 1.82) is 0 Å². The highest BCUT2D eigenvalue weighted by Crippen LogP contribution is 2.21. The van der Waals surface area contributed by atoms with Crippen molar-refractivity contribution in [3.8, 4) is 5.88 Å². The van der Waals surface area contributed by atoms with E-state index in [1.54, 1.807) is 12.3 Å². The summed E-state index contributed by atoms with van der Waals surface area (Å²) in [5.74, 6) is 0.594. The lowest BCUT2D eigenvalue weighted by Crippen LogP contribution is -2.26. The van der Waals surface area contributed by atoms with E-state index in [0.29, 0.717) is 17.4 Å². The van der Waals surface area contributed by atoms with Crippen LogP contribution in [0.2, 0.25) is 5.02 Å². The van der Waals surface area contributed by atoms with E-state index in [1.807, 2.05) is 0 Å². The van der Waals surface area contributed by atoms with Crippen molar-refractivity contribution >= 4 is 11.6 Å². The Balaban J connectivity index is 2.03. The van der Waals surface area contributed by atoms with Crippen LogP contribution in [0.4, 0.5) is 0 Å². The molecule has 0 atom stereocenters. The molecule has 16 heavy (non-hydrogen) atoms. The normalized spacial score (nSPS) is 17.4. The molecular weight excluding hydrogens is 228 g/mol. The fraction of sp³-hybridized carbons (Fsp3) is 0.545. The van der Waals surface area contributed by atoms with Gasteiger partial charge < -0.3 is 15.2 Å². The Morgan fingerprint density at radius 2 is 2.25 bits per heavy atom. The molecule has 0 spiro atoms. The lowest BCUT2D eigenvalue weighted by molar-refractivity contribution is 0.0237. The molecule has 1 fully saturated rings. The van der Waals surface area contributed by atoms with Gasteiger partial charge in [0, 0.05) is 31.6 Å². The quantitative estimate of drug-likeness (QED) is 0.878. The van der Waals surface area contributed by atoms with E-state index in [-0.39, 0.29) is 6.10 Å². The third-order valence-electron chi connectivity index (χ3n) is 2.59. The lowest BCUT2D eigenvalue weighted by atomic mass is 10.1. The second-order valence-corrected chi connectivity index (χ2v) is 4.15. The maximum absolute atomic E-state index is 5.92. The van der Waals surface area contributed by atoms with Crippen molar-refractivity contribution in [2.45, 2.75) is 25.5 Å². The van der Waals surface area contributed by atoms with Crippen LogP contribution in [0, 0.1) is 0 Å². The van der Waals surface area contributed by atoms with Crippen LogP contribution in [-0.2, 0) is 11.3 Å². The summed E-state index contributed by atoms with van der Waals surface area (Å²) in [5.41, 5.74) is 6.42. The second kappa shape index (κ2) is 5.48. The molecule has 2 rings (SSSR count). The average molecular weight is 243 g/mol. The van der Waals surface area contributed by atoms with Gasteiger partial charge in [0.15, 0.2) is 0 Å². The Hall–Kier alpha value is -0.840. The number of hydrogen-bond donors (Lipinski definition) is 1. The van der Waals surface area contributed by atoms with E-state index in [4.69, 9.17) is 26.8 Å². The Labute approximate surface area is 99.7 Å². The molecule has 88 valence electrons. The van der Waals surface area contributed by atoms with Crippen LogP contribution in [0.5, 0.6) is 5.88 Å². The van der Waals surface area contributed by atoms with Crippen molar-refractivity contribution < 1.29 is 9.47 Å². The molecule has 1 aromatic heterocycles. The number of halogens is 1. The number of hydrogen-bond acceptors (Lipinski definition) is 4. The summed E-state index contributed by atoms with van der Waals surface area (Å²) in [6.45, 7) is 1.90. The monoisotopic (exact) mass is 242 g/mol. The van der Waals surface area contributed by atoms with Gasteiger partial charge in [-0.1, -0.05) is 11.6 Å². The third kappa shape index (κ3) is 2.84. The molecule has 0 amide bonds. The lowest BCUT2D eigenvalue weighted by Gasteiger charge is -2.22. The molecule has 1 aromatic rings. The highest BCUT2D eigenvalue weighted by molar-refractivity contribution is 6.31. The minimum absolute atomic E-state index is 0.188. The van der Waals surface area contributed by atoms with Gasteiger partial charge in [-0.25, -0.2) is 4.98 Å². The predicted molar refractivity (Wildman–Crippen MR) is 61.6 cm³/mol. The van der Waals surface area contributed by atoms with Crippen LogP contribution in [0.1, 0.15) is 18.4 Å². The molecule has 0 unspecified atom stereocenters. The van der Waals surface area contributed by atoms with Crippen LogP contribution in [0.25, 0.3) is 0 Å². The fourth-order valence-corrected chi connectivity index (χ4v) is 1.82. The van der Waals surface area contributed by atoms with Gasteiger partial charge in [0.1, 0.15) is 6.10 Å². The fourth-order valence-electron chi connectivity index (χ4n) is 1.64. The van der Waals surface area contributed by atoms with E-state index in [0.717, 1.165) is 31.6 Å². The minimum atomic E-state index is 0.188. The Morgan fingerprint density at radius 3 is 2.94 bits per heavy atom. The van der Waals surface area contributed by atoms with Crippen molar-refractivity contribution in [2.75, 3.05) is 13.2 Å². The molecule has 0 saturated carbocycles. The van der Waals surface area contributed by atoms with Crippen LogP contribution < -0.4 is 10.5 Å².